The predicted molar refractivity (Wildman–Crippen MR) is 129 cm³/mol. The second kappa shape index (κ2) is 16.0. The third-order valence-corrected chi connectivity index (χ3v) is 3.49. The van der Waals surface area contributed by atoms with Crippen LogP contribution in [-0.4, -0.2) is 49.1 Å². The molecule has 2 aromatic carbocycles. The molecule has 164 valence electrons. The number of carboxylic acids is 1. The molecule has 1 unspecified atom stereocenters. The van der Waals surface area contributed by atoms with Gasteiger partial charge in [0.05, 0.1) is 24.9 Å². The zero-order valence-corrected chi connectivity index (χ0v) is 19.1. The number of carboxylic acid groups (broad SMARTS) is 1. The number of thiol groups is 1. The molecule has 1 atom stereocenters. The van der Waals surface area contributed by atoms with E-state index in [9.17, 15) is 4.79 Å². The zero-order valence-electron chi connectivity index (χ0n) is 18.2. The van der Waals surface area contributed by atoms with Gasteiger partial charge in [-0.1, -0.05) is 35.9 Å². The van der Waals surface area contributed by atoms with E-state index in [4.69, 9.17) is 15.6 Å². The van der Waals surface area contributed by atoms with E-state index in [1.807, 2.05) is 25.1 Å². The summed E-state index contributed by atoms with van der Waals surface area (Å²) in [6.07, 6.45) is 3.15. The number of nitrogens with one attached hydrogen (secondary N) is 1. The Morgan fingerprint density at radius 2 is 1.90 bits per heavy atom. The van der Waals surface area contributed by atoms with Crippen LogP contribution < -0.4 is 11.1 Å². The Morgan fingerprint density at radius 1 is 1.27 bits per heavy atom. The van der Waals surface area contributed by atoms with Crippen molar-refractivity contribution in [1.82, 2.24) is 0 Å². The van der Waals surface area contributed by atoms with Crippen LogP contribution in [0.5, 0.6) is 0 Å². The summed E-state index contributed by atoms with van der Waals surface area (Å²) in [5.74, 6) is -0.700. The van der Waals surface area contributed by atoms with Gasteiger partial charge in [0.1, 0.15) is 0 Å². The molecule has 0 aliphatic rings. The van der Waals surface area contributed by atoms with Crippen molar-refractivity contribution in [2.75, 3.05) is 25.2 Å². The summed E-state index contributed by atoms with van der Waals surface area (Å²) in [5.41, 5.74) is 8.47. The number of ether oxygens (including phenoxy) is 1. The Hall–Kier alpha value is -2.84. The van der Waals surface area contributed by atoms with Crippen molar-refractivity contribution in [3.05, 3.63) is 65.2 Å². The molecule has 0 bridgehead atoms. The average molecular weight is 433 g/mol. The van der Waals surface area contributed by atoms with Crippen molar-refractivity contribution in [1.29, 1.82) is 0 Å². The Balaban J connectivity index is 0.000000775. The van der Waals surface area contributed by atoms with Crippen LogP contribution in [0.3, 0.4) is 0 Å². The van der Waals surface area contributed by atoms with Crippen molar-refractivity contribution in [3.63, 3.8) is 0 Å². The summed E-state index contributed by atoms with van der Waals surface area (Å²) < 4.78 is 4.98. The number of carbonyl (C=O) groups is 1. The topological polar surface area (TPSA) is 109 Å². The summed E-state index contributed by atoms with van der Waals surface area (Å²) in [5, 5.41) is 19.9. The number of aromatic carboxylic acids is 1. The molecule has 4 N–H and O–H groups in total. The fraction of sp³-hybridized carbons (Fsp3) is 0.318. The van der Waals surface area contributed by atoms with Gasteiger partial charge in [0.2, 0.25) is 5.90 Å². The van der Waals surface area contributed by atoms with Crippen molar-refractivity contribution in [2.45, 2.75) is 26.8 Å². The van der Waals surface area contributed by atoms with Gasteiger partial charge in [0.15, 0.2) is 0 Å². The molecule has 0 spiro atoms. The van der Waals surface area contributed by atoms with Gasteiger partial charge in [0.25, 0.3) is 0 Å². The van der Waals surface area contributed by atoms with Crippen molar-refractivity contribution in [3.8, 4) is 0 Å². The molecule has 0 amide bonds. The van der Waals surface area contributed by atoms with Crippen LogP contribution in [-0.2, 0) is 4.74 Å². The molecule has 0 saturated heterocycles. The molecular weight excluding hydrogens is 400 g/mol. The van der Waals surface area contributed by atoms with Crippen molar-refractivity contribution >= 4 is 36.4 Å². The zero-order chi connectivity index (χ0) is 22.9. The monoisotopic (exact) mass is 432 g/mol. The molecule has 30 heavy (non-hydrogen) atoms. The normalized spacial score (nSPS) is 11.5. The van der Waals surface area contributed by atoms with Crippen LogP contribution in [0, 0.1) is 6.92 Å². The number of anilines is 1. The van der Waals surface area contributed by atoms with Crippen LogP contribution in [0.1, 0.15) is 35.3 Å². The highest BCUT2D eigenvalue weighted by Crippen LogP contribution is 2.14. The number of aryl methyl sites for hydroxylation is 1. The minimum Gasteiger partial charge on any atom is -0.482 e. The maximum Gasteiger partial charge on any atom is 0.335 e. The summed E-state index contributed by atoms with van der Waals surface area (Å²) in [6, 6.07) is 14.8. The maximum atomic E-state index is 11.1. The number of rotatable bonds is 6. The van der Waals surface area contributed by atoms with Crippen LogP contribution in [0.2, 0.25) is 0 Å². The molecule has 0 fully saturated rings. The highest BCUT2D eigenvalue weighted by atomic mass is 32.1. The van der Waals surface area contributed by atoms with E-state index in [1.54, 1.807) is 25.3 Å². The molecule has 0 saturated carbocycles. The Labute approximate surface area is 184 Å². The first-order chi connectivity index (χ1) is 14.4. The van der Waals surface area contributed by atoms with E-state index in [-0.39, 0.29) is 11.6 Å². The second-order valence-corrected chi connectivity index (χ2v) is 6.01. The first-order valence-electron chi connectivity index (χ1n) is 9.36. The molecule has 2 aromatic rings. The molecule has 2 rings (SSSR count). The van der Waals surface area contributed by atoms with Gasteiger partial charge < -0.3 is 20.9 Å². The SMILES string of the molecule is CCNc1cc(/C=N/N=C(\OC)C(C)N)cc(C(=O)O)c1.CS.Cc1ccccc1. The first-order valence-corrected chi connectivity index (χ1v) is 10.3. The predicted octanol–water partition coefficient (Wildman–Crippen LogP) is 4.08. The fourth-order valence-electron chi connectivity index (χ4n) is 2.16. The van der Waals surface area contributed by atoms with Crippen LogP contribution >= 0.6 is 12.6 Å². The van der Waals surface area contributed by atoms with Crippen molar-refractivity contribution in [2.24, 2.45) is 15.9 Å². The number of nitrogens with zero attached hydrogens (tertiary/aromatic N) is 2. The molecule has 0 radical (unpaired) electrons. The number of benzene rings is 2. The minimum absolute atomic E-state index is 0.179. The van der Waals surface area contributed by atoms with Crippen LogP contribution in [0.4, 0.5) is 5.69 Å². The molecule has 0 aliphatic heterocycles. The smallest absolute Gasteiger partial charge is 0.335 e. The lowest BCUT2D eigenvalue weighted by Gasteiger charge is -2.06. The van der Waals surface area contributed by atoms with Crippen LogP contribution in [0.25, 0.3) is 0 Å². The molecule has 0 aliphatic carbocycles. The number of hydrogen-bond donors (Lipinski definition) is 4. The largest absolute Gasteiger partial charge is 0.482 e. The quantitative estimate of drug-likeness (QED) is 0.238. The summed E-state index contributed by atoms with van der Waals surface area (Å²) >= 11 is 3.53. The lowest BCUT2D eigenvalue weighted by Crippen LogP contribution is -2.27. The van der Waals surface area contributed by atoms with Gasteiger partial charge in [-0.15, -0.1) is 5.10 Å². The molecule has 8 heteroatoms. The van der Waals surface area contributed by atoms with Gasteiger partial charge in [0, 0.05) is 12.2 Å². The molecular formula is C22H32N4O3S. The van der Waals surface area contributed by atoms with Gasteiger partial charge >= 0.3 is 5.97 Å². The van der Waals surface area contributed by atoms with E-state index in [2.05, 4.69) is 47.2 Å². The van der Waals surface area contributed by atoms with Crippen LogP contribution in [0.15, 0.2) is 58.7 Å². The van der Waals surface area contributed by atoms with Crippen molar-refractivity contribution < 1.29 is 14.6 Å². The Kier molecular flexibility index (Phi) is 14.5. The van der Waals surface area contributed by atoms with E-state index in [1.165, 1.54) is 25.0 Å². The summed E-state index contributed by atoms with van der Waals surface area (Å²) in [6.45, 7) is 6.43. The minimum atomic E-state index is -0.999. The Bertz CT molecular complexity index is 809. The lowest BCUT2D eigenvalue weighted by molar-refractivity contribution is 0.0697. The third kappa shape index (κ3) is 11.2. The highest BCUT2D eigenvalue weighted by molar-refractivity contribution is 7.79. The van der Waals surface area contributed by atoms with E-state index in [0.717, 1.165) is 0 Å². The second-order valence-electron chi connectivity index (χ2n) is 6.01. The summed E-state index contributed by atoms with van der Waals surface area (Å²) in [7, 11) is 1.46. The van der Waals surface area contributed by atoms with Gasteiger partial charge in [-0.3, -0.25) is 0 Å². The van der Waals surface area contributed by atoms with E-state index >= 15 is 0 Å². The number of methoxy groups -OCH3 is 1. The van der Waals surface area contributed by atoms with Gasteiger partial charge in [-0.05, 0) is 50.8 Å². The maximum absolute atomic E-state index is 11.1. The average Bonchev–Trinajstić information content (AvgIpc) is 2.73. The third-order valence-electron chi connectivity index (χ3n) is 3.49. The number of hydrogen-bond acceptors (Lipinski definition) is 7. The Morgan fingerprint density at radius 3 is 2.33 bits per heavy atom. The first kappa shape index (κ1) is 27.2. The molecule has 0 heterocycles. The van der Waals surface area contributed by atoms with E-state index < -0.39 is 5.97 Å². The fourth-order valence-corrected chi connectivity index (χ4v) is 2.16. The highest BCUT2D eigenvalue weighted by Gasteiger charge is 2.06. The van der Waals surface area contributed by atoms with Gasteiger partial charge in [-0.2, -0.15) is 17.7 Å². The summed E-state index contributed by atoms with van der Waals surface area (Å²) in [4.78, 5) is 11.1. The standard InChI is InChI=1S/C14H20N4O3.C7H8.CH4S/c1-4-16-12-6-10(5-11(7-12)14(19)20)8-17-18-13(21-3)9(2)15;1-7-5-3-2-4-6-7;1-2/h5-9,16H,4,15H2,1-3H3,(H,19,20);2-6H,1H3;2H,1H3/b17-8+,18-13-;;. The molecule has 0 aromatic heterocycles. The number of nitrogens with two attached hydrogens (primary N) is 1. The molecule has 7 nitrogen and oxygen atoms in total. The lowest BCUT2D eigenvalue weighted by atomic mass is 10.1. The van der Waals surface area contributed by atoms with Gasteiger partial charge in [-0.25, -0.2) is 4.79 Å². The van der Waals surface area contributed by atoms with E-state index in [0.29, 0.717) is 23.7 Å².